The summed E-state index contributed by atoms with van der Waals surface area (Å²) in [5.41, 5.74) is 2.24. The highest BCUT2D eigenvalue weighted by Gasteiger charge is 2.14. The van der Waals surface area contributed by atoms with E-state index in [2.05, 4.69) is 12.1 Å². The Morgan fingerprint density at radius 2 is 1.79 bits per heavy atom. The SMILES string of the molecule is COCCN(CCCc1ccccc1)C(=O)Cc1cccc(Cl)c1. The molecular weight excluding hydrogens is 322 g/mol. The number of ether oxygens (including phenoxy) is 1. The largest absolute Gasteiger partial charge is 0.383 e. The van der Waals surface area contributed by atoms with Crippen LogP contribution in [0.15, 0.2) is 54.6 Å². The summed E-state index contributed by atoms with van der Waals surface area (Å²) >= 11 is 6.00. The molecule has 128 valence electrons. The van der Waals surface area contributed by atoms with E-state index in [0.717, 1.165) is 24.9 Å². The summed E-state index contributed by atoms with van der Waals surface area (Å²) in [6.07, 6.45) is 2.28. The van der Waals surface area contributed by atoms with Gasteiger partial charge in [0.1, 0.15) is 0 Å². The van der Waals surface area contributed by atoms with Gasteiger partial charge in [0.25, 0.3) is 0 Å². The maximum absolute atomic E-state index is 12.6. The Bertz CT molecular complexity index is 631. The summed E-state index contributed by atoms with van der Waals surface area (Å²) in [5.74, 6) is 0.113. The number of aryl methyl sites for hydroxylation is 1. The van der Waals surface area contributed by atoms with Crippen molar-refractivity contribution < 1.29 is 9.53 Å². The number of carbonyl (C=O) groups excluding carboxylic acids is 1. The van der Waals surface area contributed by atoms with Crippen molar-refractivity contribution in [1.82, 2.24) is 4.90 Å². The third-order valence-corrected chi connectivity index (χ3v) is 4.13. The molecule has 2 rings (SSSR count). The molecule has 0 aromatic heterocycles. The summed E-state index contributed by atoms with van der Waals surface area (Å²) in [5, 5.41) is 0.660. The standard InChI is InChI=1S/C20H24ClNO2/c1-24-14-13-22(12-6-10-17-7-3-2-4-8-17)20(23)16-18-9-5-11-19(21)15-18/h2-5,7-9,11,15H,6,10,12-14,16H2,1H3. The van der Waals surface area contributed by atoms with E-state index in [9.17, 15) is 4.79 Å². The molecule has 3 nitrogen and oxygen atoms in total. The van der Waals surface area contributed by atoms with Crippen molar-refractivity contribution in [3.05, 3.63) is 70.7 Å². The van der Waals surface area contributed by atoms with Crippen molar-refractivity contribution in [2.24, 2.45) is 0 Å². The van der Waals surface area contributed by atoms with Gasteiger partial charge < -0.3 is 9.64 Å². The van der Waals surface area contributed by atoms with E-state index in [1.54, 1.807) is 7.11 Å². The Kier molecular flexibility index (Phi) is 7.80. The van der Waals surface area contributed by atoms with Crippen LogP contribution in [-0.4, -0.2) is 37.6 Å². The monoisotopic (exact) mass is 345 g/mol. The van der Waals surface area contributed by atoms with Gasteiger partial charge in [-0.05, 0) is 36.1 Å². The van der Waals surface area contributed by atoms with Crippen LogP contribution in [0.5, 0.6) is 0 Å². The molecule has 0 N–H and O–H groups in total. The summed E-state index contributed by atoms with van der Waals surface area (Å²) in [7, 11) is 1.66. The Morgan fingerprint density at radius 1 is 1.04 bits per heavy atom. The number of hydrogen-bond donors (Lipinski definition) is 0. The van der Waals surface area contributed by atoms with Gasteiger partial charge in [-0.1, -0.05) is 54.1 Å². The van der Waals surface area contributed by atoms with Crippen LogP contribution in [0.2, 0.25) is 5.02 Å². The zero-order valence-electron chi connectivity index (χ0n) is 14.1. The van der Waals surface area contributed by atoms with Crippen molar-refractivity contribution in [2.75, 3.05) is 26.8 Å². The number of methoxy groups -OCH3 is 1. The van der Waals surface area contributed by atoms with Gasteiger partial charge in [-0.2, -0.15) is 0 Å². The molecule has 24 heavy (non-hydrogen) atoms. The number of amides is 1. The van der Waals surface area contributed by atoms with Crippen molar-refractivity contribution in [3.63, 3.8) is 0 Å². The van der Waals surface area contributed by atoms with E-state index in [-0.39, 0.29) is 5.91 Å². The lowest BCUT2D eigenvalue weighted by atomic mass is 10.1. The number of halogens is 1. The van der Waals surface area contributed by atoms with Crippen molar-refractivity contribution in [2.45, 2.75) is 19.3 Å². The number of rotatable bonds is 9. The van der Waals surface area contributed by atoms with Crippen LogP contribution in [0, 0.1) is 0 Å². The molecule has 0 saturated heterocycles. The Balaban J connectivity index is 1.89. The molecule has 0 fully saturated rings. The van der Waals surface area contributed by atoms with Crippen LogP contribution in [0.25, 0.3) is 0 Å². The molecule has 0 aliphatic carbocycles. The van der Waals surface area contributed by atoms with E-state index in [4.69, 9.17) is 16.3 Å². The highest BCUT2D eigenvalue weighted by molar-refractivity contribution is 6.30. The fraction of sp³-hybridized carbons (Fsp3) is 0.350. The van der Waals surface area contributed by atoms with E-state index in [1.165, 1.54) is 5.56 Å². The molecule has 0 atom stereocenters. The average Bonchev–Trinajstić information content (AvgIpc) is 2.58. The number of nitrogens with zero attached hydrogens (tertiary/aromatic N) is 1. The first kappa shape index (κ1) is 18.5. The zero-order chi connectivity index (χ0) is 17.2. The molecular formula is C20H24ClNO2. The lowest BCUT2D eigenvalue weighted by Gasteiger charge is -2.22. The second-order valence-corrected chi connectivity index (χ2v) is 6.21. The quantitative estimate of drug-likeness (QED) is 0.687. The van der Waals surface area contributed by atoms with Crippen LogP contribution in [0.3, 0.4) is 0 Å². The van der Waals surface area contributed by atoms with Gasteiger partial charge in [0.05, 0.1) is 13.0 Å². The second kappa shape index (κ2) is 10.1. The Morgan fingerprint density at radius 3 is 2.50 bits per heavy atom. The van der Waals surface area contributed by atoms with E-state index >= 15 is 0 Å². The molecule has 1 amide bonds. The maximum atomic E-state index is 12.6. The first-order valence-electron chi connectivity index (χ1n) is 8.24. The summed E-state index contributed by atoms with van der Waals surface area (Å²) in [6.45, 7) is 1.90. The molecule has 0 bridgehead atoms. The summed E-state index contributed by atoms with van der Waals surface area (Å²) in [4.78, 5) is 14.5. The lowest BCUT2D eigenvalue weighted by molar-refractivity contribution is -0.131. The fourth-order valence-corrected chi connectivity index (χ4v) is 2.83. The minimum absolute atomic E-state index is 0.113. The normalized spacial score (nSPS) is 10.6. The highest BCUT2D eigenvalue weighted by atomic mass is 35.5. The van der Waals surface area contributed by atoms with Gasteiger partial charge in [0.2, 0.25) is 5.91 Å². The topological polar surface area (TPSA) is 29.5 Å². The number of carbonyl (C=O) groups is 1. The van der Waals surface area contributed by atoms with Crippen molar-refractivity contribution in [3.8, 4) is 0 Å². The van der Waals surface area contributed by atoms with Crippen molar-refractivity contribution >= 4 is 17.5 Å². The van der Waals surface area contributed by atoms with Gasteiger partial charge in [-0.15, -0.1) is 0 Å². The molecule has 0 saturated carbocycles. The fourth-order valence-electron chi connectivity index (χ4n) is 2.61. The molecule has 0 radical (unpaired) electrons. The molecule has 4 heteroatoms. The van der Waals surface area contributed by atoms with Gasteiger partial charge in [-0.3, -0.25) is 4.79 Å². The van der Waals surface area contributed by atoms with E-state index < -0.39 is 0 Å². The van der Waals surface area contributed by atoms with Gasteiger partial charge in [0, 0.05) is 25.2 Å². The molecule has 0 heterocycles. The summed E-state index contributed by atoms with van der Waals surface area (Å²) in [6, 6.07) is 17.8. The summed E-state index contributed by atoms with van der Waals surface area (Å²) < 4.78 is 5.14. The molecule has 2 aromatic carbocycles. The van der Waals surface area contributed by atoms with E-state index in [1.807, 2.05) is 47.4 Å². The molecule has 0 spiro atoms. The average molecular weight is 346 g/mol. The first-order valence-corrected chi connectivity index (χ1v) is 8.62. The van der Waals surface area contributed by atoms with Crippen LogP contribution in [-0.2, 0) is 22.4 Å². The predicted octanol–water partition coefficient (Wildman–Crippen LogP) is 3.99. The Hall–Kier alpha value is -1.84. The van der Waals surface area contributed by atoms with Crippen LogP contribution >= 0.6 is 11.6 Å². The van der Waals surface area contributed by atoms with Gasteiger partial charge in [0.15, 0.2) is 0 Å². The molecule has 0 aliphatic rings. The van der Waals surface area contributed by atoms with Gasteiger partial charge in [-0.25, -0.2) is 0 Å². The van der Waals surface area contributed by atoms with Gasteiger partial charge >= 0.3 is 0 Å². The molecule has 0 aliphatic heterocycles. The molecule has 0 unspecified atom stereocenters. The lowest BCUT2D eigenvalue weighted by Crippen LogP contribution is -2.36. The minimum Gasteiger partial charge on any atom is -0.383 e. The zero-order valence-corrected chi connectivity index (χ0v) is 14.8. The molecule has 2 aromatic rings. The third kappa shape index (κ3) is 6.34. The maximum Gasteiger partial charge on any atom is 0.227 e. The number of hydrogen-bond acceptors (Lipinski definition) is 2. The van der Waals surface area contributed by atoms with Crippen molar-refractivity contribution in [1.29, 1.82) is 0 Å². The number of benzene rings is 2. The van der Waals surface area contributed by atoms with Crippen LogP contribution in [0.1, 0.15) is 17.5 Å². The van der Waals surface area contributed by atoms with Crippen LogP contribution in [0.4, 0.5) is 0 Å². The predicted molar refractivity (Wildman–Crippen MR) is 98.4 cm³/mol. The minimum atomic E-state index is 0.113. The Labute approximate surface area is 149 Å². The smallest absolute Gasteiger partial charge is 0.227 e. The van der Waals surface area contributed by atoms with E-state index in [0.29, 0.717) is 24.6 Å². The third-order valence-electron chi connectivity index (χ3n) is 3.90. The van der Waals surface area contributed by atoms with Crippen LogP contribution < -0.4 is 0 Å². The second-order valence-electron chi connectivity index (χ2n) is 5.77. The first-order chi connectivity index (χ1) is 11.7. The highest BCUT2D eigenvalue weighted by Crippen LogP contribution is 2.12.